The van der Waals surface area contributed by atoms with E-state index in [2.05, 4.69) is 0 Å². The summed E-state index contributed by atoms with van der Waals surface area (Å²) in [4.78, 5) is 28.8. The molecule has 0 spiro atoms. The lowest BCUT2D eigenvalue weighted by Crippen LogP contribution is -2.35. The second-order valence-corrected chi connectivity index (χ2v) is 7.11. The van der Waals surface area contributed by atoms with E-state index in [-0.39, 0.29) is 11.3 Å². The van der Waals surface area contributed by atoms with Gasteiger partial charge in [0.05, 0.1) is 11.8 Å². The Hall–Kier alpha value is -2.86. The van der Waals surface area contributed by atoms with E-state index in [4.69, 9.17) is 4.42 Å². The van der Waals surface area contributed by atoms with Crippen molar-refractivity contribution in [3.63, 3.8) is 0 Å². The molecule has 1 amide bonds. The summed E-state index contributed by atoms with van der Waals surface area (Å²) in [6.45, 7) is 4.86. The lowest BCUT2D eigenvalue weighted by atomic mass is 9.97. The van der Waals surface area contributed by atoms with Crippen molar-refractivity contribution in [1.29, 1.82) is 0 Å². The van der Waals surface area contributed by atoms with Crippen LogP contribution in [0.25, 0.3) is 5.76 Å². The maximum absolute atomic E-state index is 12.8. The largest absolute Gasteiger partial charge is 0.507 e. The fourth-order valence-electron chi connectivity index (χ4n) is 3.21. The highest BCUT2D eigenvalue weighted by atomic mass is 16.3. The summed E-state index contributed by atoms with van der Waals surface area (Å²) in [5.74, 6) is -1.03. The number of Topliss-reactive ketones (excluding diaryl/α,β-unsaturated/α-hetero) is 1. The zero-order valence-electron chi connectivity index (χ0n) is 16.0. The molecule has 1 aromatic carbocycles. The number of hydrogen-bond acceptors (Lipinski definition) is 5. The van der Waals surface area contributed by atoms with Crippen molar-refractivity contribution in [2.75, 3.05) is 27.2 Å². The van der Waals surface area contributed by atoms with Crippen LogP contribution in [0, 0.1) is 13.8 Å². The second kappa shape index (κ2) is 7.40. The highest BCUT2D eigenvalue weighted by Crippen LogP contribution is 2.39. The molecule has 142 valence electrons. The van der Waals surface area contributed by atoms with Gasteiger partial charge >= 0.3 is 0 Å². The van der Waals surface area contributed by atoms with Crippen LogP contribution in [-0.4, -0.2) is 53.8 Å². The van der Waals surface area contributed by atoms with Crippen LogP contribution in [-0.2, 0) is 9.59 Å². The first-order valence-corrected chi connectivity index (χ1v) is 8.85. The summed E-state index contributed by atoms with van der Waals surface area (Å²) < 4.78 is 5.51. The minimum Gasteiger partial charge on any atom is -0.507 e. The van der Waals surface area contributed by atoms with Crippen LogP contribution >= 0.6 is 0 Å². The Balaban J connectivity index is 2.12. The van der Waals surface area contributed by atoms with Gasteiger partial charge in [-0.05, 0) is 57.3 Å². The Morgan fingerprint density at radius 3 is 2.52 bits per heavy atom. The van der Waals surface area contributed by atoms with E-state index in [0.717, 1.165) is 11.1 Å². The molecule has 0 saturated carbocycles. The van der Waals surface area contributed by atoms with Gasteiger partial charge in [0, 0.05) is 18.7 Å². The Kier molecular flexibility index (Phi) is 5.19. The first kappa shape index (κ1) is 18.9. The quantitative estimate of drug-likeness (QED) is 0.499. The van der Waals surface area contributed by atoms with Crippen molar-refractivity contribution >= 4 is 17.4 Å². The molecule has 0 bridgehead atoms. The van der Waals surface area contributed by atoms with Crippen LogP contribution in [0.1, 0.15) is 28.5 Å². The van der Waals surface area contributed by atoms with E-state index < -0.39 is 17.7 Å². The minimum absolute atomic E-state index is 0.0666. The molecule has 6 nitrogen and oxygen atoms in total. The Labute approximate surface area is 158 Å². The standard InChI is InChI=1S/C21H24N2O4/c1-13-7-8-15(12-14(13)2)19(24)17-18(16-6-5-11-27-16)23(10-9-22(3)4)21(26)20(17)25/h5-8,11-12,18,24H,9-10H2,1-4H3/b19-17-. The van der Waals surface area contributed by atoms with E-state index in [0.29, 0.717) is 24.4 Å². The fraction of sp³-hybridized carbons (Fsp3) is 0.333. The maximum Gasteiger partial charge on any atom is 0.295 e. The van der Waals surface area contributed by atoms with Crippen LogP contribution in [0.15, 0.2) is 46.6 Å². The number of aliphatic hydroxyl groups excluding tert-OH is 1. The van der Waals surface area contributed by atoms with Crippen molar-refractivity contribution in [2.45, 2.75) is 19.9 Å². The number of rotatable bonds is 5. The topological polar surface area (TPSA) is 74.0 Å². The number of carbonyl (C=O) groups is 2. The average molecular weight is 368 g/mol. The van der Waals surface area contributed by atoms with Gasteiger partial charge in [0.1, 0.15) is 17.6 Å². The number of aryl methyl sites for hydroxylation is 2. The number of likely N-dealkylation sites (tertiary alicyclic amines) is 1. The molecule has 1 aliphatic heterocycles. The molecular weight excluding hydrogens is 344 g/mol. The predicted molar refractivity (Wildman–Crippen MR) is 102 cm³/mol. The lowest BCUT2D eigenvalue weighted by molar-refractivity contribution is -0.140. The zero-order valence-corrected chi connectivity index (χ0v) is 16.0. The molecule has 1 aliphatic rings. The van der Waals surface area contributed by atoms with Crippen molar-refractivity contribution in [3.8, 4) is 0 Å². The third-order valence-corrected chi connectivity index (χ3v) is 4.92. The highest BCUT2D eigenvalue weighted by Gasteiger charge is 2.47. The smallest absolute Gasteiger partial charge is 0.295 e. The molecule has 0 radical (unpaired) electrons. The molecule has 1 atom stereocenters. The Morgan fingerprint density at radius 2 is 1.93 bits per heavy atom. The van der Waals surface area contributed by atoms with E-state index in [1.807, 2.05) is 45.0 Å². The third-order valence-electron chi connectivity index (χ3n) is 4.92. The Morgan fingerprint density at radius 1 is 1.19 bits per heavy atom. The Bertz CT molecular complexity index is 897. The van der Waals surface area contributed by atoms with Gasteiger partial charge in [-0.3, -0.25) is 9.59 Å². The predicted octanol–water partition coefficient (Wildman–Crippen LogP) is 2.88. The molecule has 3 rings (SSSR count). The van der Waals surface area contributed by atoms with Crippen molar-refractivity contribution in [3.05, 3.63) is 64.6 Å². The first-order valence-electron chi connectivity index (χ1n) is 8.85. The van der Waals surface area contributed by atoms with Crippen LogP contribution in [0.5, 0.6) is 0 Å². The van der Waals surface area contributed by atoms with Gasteiger partial charge in [0.2, 0.25) is 0 Å². The number of amides is 1. The minimum atomic E-state index is -0.735. The molecule has 6 heteroatoms. The van der Waals surface area contributed by atoms with Gasteiger partial charge < -0.3 is 19.3 Å². The summed E-state index contributed by atoms with van der Waals surface area (Å²) in [7, 11) is 3.79. The number of furan rings is 1. The van der Waals surface area contributed by atoms with Crippen LogP contribution < -0.4 is 0 Å². The van der Waals surface area contributed by atoms with Gasteiger partial charge in [-0.1, -0.05) is 12.1 Å². The summed E-state index contributed by atoms with van der Waals surface area (Å²) in [6.07, 6.45) is 1.50. The van der Waals surface area contributed by atoms with Crippen LogP contribution in [0.4, 0.5) is 0 Å². The molecule has 0 aliphatic carbocycles. The van der Waals surface area contributed by atoms with Crippen molar-refractivity contribution < 1.29 is 19.1 Å². The lowest BCUT2D eigenvalue weighted by Gasteiger charge is -2.24. The molecule has 1 N–H and O–H groups in total. The molecule has 1 fully saturated rings. The third kappa shape index (κ3) is 3.53. The van der Waals surface area contributed by atoms with E-state index >= 15 is 0 Å². The SMILES string of the molecule is Cc1ccc(/C(O)=C2/C(=O)C(=O)N(CCN(C)C)C2c2ccco2)cc1C. The molecule has 1 aromatic heterocycles. The highest BCUT2D eigenvalue weighted by molar-refractivity contribution is 6.46. The molecular formula is C21H24N2O4. The number of benzene rings is 1. The number of likely N-dealkylation sites (N-methyl/N-ethyl adjacent to an activating group) is 1. The van der Waals surface area contributed by atoms with E-state index in [9.17, 15) is 14.7 Å². The summed E-state index contributed by atoms with van der Waals surface area (Å²) in [5.41, 5.74) is 2.66. The summed E-state index contributed by atoms with van der Waals surface area (Å²) >= 11 is 0. The number of nitrogens with zero attached hydrogens (tertiary/aromatic N) is 2. The molecule has 1 saturated heterocycles. The first-order chi connectivity index (χ1) is 12.8. The van der Waals surface area contributed by atoms with Gasteiger partial charge in [-0.25, -0.2) is 0 Å². The van der Waals surface area contributed by atoms with Gasteiger partial charge in [0.15, 0.2) is 0 Å². The number of aliphatic hydroxyl groups is 1. The average Bonchev–Trinajstić information content (AvgIpc) is 3.23. The maximum atomic E-state index is 12.8. The van der Waals surface area contributed by atoms with E-state index in [1.54, 1.807) is 18.2 Å². The molecule has 27 heavy (non-hydrogen) atoms. The van der Waals surface area contributed by atoms with Crippen LogP contribution in [0.2, 0.25) is 0 Å². The molecule has 2 aromatic rings. The summed E-state index contributed by atoms with van der Waals surface area (Å²) in [6, 6.07) is 8.14. The van der Waals surface area contributed by atoms with Gasteiger partial charge in [0.25, 0.3) is 11.7 Å². The number of hydrogen-bond donors (Lipinski definition) is 1. The fourth-order valence-corrected chi connectivity index (χ4v) is 3.21. The van der Waals surface area contributed by atoms with Gasteiger partial charge in [-0.15, -0.1) is 0 Å². The number of ketones is 1. The summed E-state index contributed by atoms with van der Waals surface area (Å²) in [5, 5.41) is 10.9. The van der Waals surface area contributed by atoms with E-state index in [1.165, 1.54) is 11.2 Å². The molecule has 1 unspecified atom stereocenters. The molecule has 2 heterocycles. The van der Waals surface area contributed by atoms with Crippen molar-refractivity contribution in [2.24, 2.45) is 0 Å². The second-order valence-electron chi connectivity index (χ2n) is 7.11. The van der Waals surface area contributed by atoms with Crippen LogP contribution in [0.3, 0.4) is 0 Å². The van der Waals surface area contributed by atoms with Gasteiger partial charge in [-0.2, -0.15) is 0 Å². The monoisotopic (exact) mass is 368 g/mol. The zero-order chi connectivity index (χ0) is 19.7. The van der Waals surface area contributed by atoms with Crippen molar-refractivity contribution in [1.82, 2.24) is 9.80 Å². The number of carbonyl (C=O) groups excluding carboxylic acids is 2. The normalized spacial score (nSPS) is 19.3.